The molecule has 0 aliphatic heterocycles. The lowest BCUT2D eigenvalue weighted by Crippen LogP contribution is -1.97. The van der Waals surface area contributed by atoms with Gasteiger partial charge in [-0.05, 0) is 37.6 Å². The summed E-state index contributed by atoms with van der Waals surface area (Å²) in [4.78, 5) is 9.62. The van der Waals surface area contributed by atoms with Gasteiger partial charge in [0.1, 0.15) is 12.4 Å². The summed E-state index contributed by atoms with van der Waals surface area (Å²) in [7, 11) is 1.64. The van der Waals surface area contributed by atoms with E-state index in [2.05, 4.69) is 10.1 Å². The van der Waals surface area contributed by atoms with Crippen molar-refractivity contribution in [3.8, 4) is 5.75 Å². The molecular weight excluding hydrogens is 288 g/mol. The van der Waals surface area contributed by atoms with Crippen LogP contribution < -0.4 is 4.74 Å². The minimum atomic E-state index is 0.339. The molecule has 0 spiro atoms. The number of rotatable bonds is 5. The van der Waals surface area contributed by atoms with Crippen molar-refractivity contribution < 1.29 is 9.57 Å². The molecular formula is C16H17ClN2O2. The summed E-state index contributed by atoms with van der Waals surface area (Å²) in [5, 5.41) is 4.56. The average Bonchev–Trinajstić information content (AvgIpc) is 2.43. The zero-order valence-corrected chi connectivity index (χ0v) is 13.0. The zero-order chi connectivity index (χ0) is 15.2. The normalized spacial score (nSPS) is 10.9. The Kier molecular flexibility index (Phi) is 5.17. The maximum atomic E-state index is 5.96. The lowest BCUT2D eigenvalue weighted by molar-refractivity contribution is 0.129. The Morgan fingerprint density at radius 3 is 2.81 bits per heavy atom. The van der Waals surface area contributed by atoms with Gasteiger partial charge in [0.05, 0.1) is 19.0 Å². The number of pyridine rings is 1. The molecule has 0 amide bonds. The molecule has 0 unspecified atom stereocenters. The predicted molar refractivity (Wildman–Crippen MR) is 84.1 cm³/mol. The fraction of sp³-hybridized carbons (Fsp3) is 0.250. The standard InChI is InChI=1S/C16H17ClN2O2/c1-11-5-4-6-16(20-3)15(11)10-21-18-9-14-8-13(17)7-12(2)19-14/h4-9H,10H2,1-3H3. The van der Waals surface area contributed by atoms with Crippen LogP contribution in [-0.4, -0.2) is 18.3 Å². The number of ether oxygens (including phenoxy) is 1. The minimum Gasteiger partial charge on any atom is -0.496 e. The maximum absolute atomic E-state index is 5.96. The molecule has 0 aliphatic rings. The van der Waals surface area contributed by atoms with Crippen molar-refractivity contribution in [3.05, 3.63) is 57.9 Å². The van der Waals surface area contributed by atoms with Crippen LogP contribution in [0.3, 0.4) is 0 Å². The number of aryl methyl sites for hydroxylation is 2. The van der Waals surface area contributed by atoms with Crippen LogP contribution in [0.4, 0.5) is 0 Å². The van der Waals surface area contributed by atoms with Crippen LogP contribution in [0.15, 0.2) is 35.5 Å². The molecule has 0 N–H and O–H groups in total. The Labute approximate surface area is 129 Å². The van der Waals surface area contributed by atoms with Gasteiger partial charge in [-0.15, -0.1) is 0 Å². The summed E-state index contributed by atoms with van der Waals surface area (Å²) in [5.74, 6) is 0.793. The van der Waals surface area contributed by atoms with Gasteiger partial charge in [0, 0.05) is 16.3 Å². The highest BCUT2D eigenvalue weighted by Crippen LogP contribution is 2.22. The third-order valence-corrected chi connectivity index (χ3v) is 3.21. The van der Waals surface area contributed by atoms with E-state index in [1.807, 2.05) is 32.0 Å². The molecule has 0 aliphatic carbocycles. The van der Waals surface area contributed by atoms with Crippen LogP contribution in [0.2, 0.25) is 5.02 Å². The first kappa shape index (κ1) is 15.3. The first-order chi connectivity index (χ1) is 10.1. The van der Waals surface area contributed by atoms with Crippen molar-refractivity contribution in [1.82, 2.24) is 4.98 Å². The Bertz CT molecular complexity index is 636. The van der Waals surface area contributed by atoms with Crippen molar-refractivity contribution in [1.29, 1.82) is 0 Å². The molecule has 1 heterocycles. The van der Waals surface area contributed by atoms with Gasteiger partial charge < -0.3 is 9.57 Å². The van der Waals surface area contributed by atoms with Crippen LogP contribution in [-0.2, 0) is 11.4 Å². The van der Waals surface area contributed by atoms with Crippen molar-refractivity contribution in [2.45, 2.75) is 20.5 Å². The molecule has 0 saturated heterocycles. The summed E-state index contributed by atoms with van der Waals surface area (Å²) < 4.78 is 5.31. The molecule has 0 fully saturated rings. The fourth-order valence-electron chi connectivity index (χ4n) is 1.96. The molecule has 0 atom stereocenters. The summed E-state index contributed by atoms with van der Waals surface area (Å²) in [5.41, 5.74) is 3.58. The van der Waals surface area contributed by atoms with Crippen LogP contribution in [0.1, 0.15) is 22.5 Å². The van der Waals surface area contributed by atoms with E-state index in [-0.39, 0.29) is 0 Å². The van der Waals surface area contributed by atoms with Crippen LogP contribution in [0, 0.1) is 13.8 Å². The highest BCUT2D eigenvalue weighted by molar-refractivity contribution is 6.30. The van der Waals surface area contributed by atoms with Crippen LogP contribution in [0.25, 0.3) is 0 Å². The lowest BCUT2D eigenvalue weighted by atomic mass is 10.1. The molecule has 21 heavy (non-hydrogen) atoms. The highest BCUT2D eigenvalue weighted by Gasteiger charge is 2.06. The monoisotopic (exact) mass is 304 g/mol. The molecule has 5 heteroatoms. The van der Waals surface area contributed by atoms with Gasteiger partial charge in [0.15, 0.2) is 0 Å². The Balaban J connectivity index is 2.03. The second kappa shape index (κ2) is 7.09. The molecule has 0 radical (unpaired) electrons. The molecule has 0 bridgehead atoms. The summed E-state index contributed by atoms with van der Waals surface area (Å²) in [6, 6.07) is 9.37. The van der Waals surface area contributed by atoms with E-state index < -0.39 is 0 Å². The number of halogens is 1. The van der Waals surface area contributed by atoms with E-state index in [9.17, 15) is 0 Å². The predicted octanol–water partition coefficient (Wildman–Crippen LogP) is 3.91. The molecule has 2 aromatic rings. The SMILES string of the molecule is COc1cccc(C)c1CON=Cc1cc(Cl)cc(C)n1. The molecule has 2 rings (SSSR count). The topological polar surface area (TPSA) is 43.7 Å². The van der Waals surface area contributed by atoms with Gasteiger partial charge in [0.2, 0.25) is 0 Å². The first-order valence-corrected chi connectivity index (χ1v) is 6.90. The number of hydrogen-bond donors (Lipinski definition) is 0. The first-order valence-electron chi connectivity index (χ1n) is 6.52. The van der Waals surface area contributed by atoms with Gasteiger partial charge in [0.25, 0.3) is 0 Å². The average molecular weight is 305 g/mol. The number of aromatic nitrogens is 1. The molecule has 1 aromatic carbocycles. The molecule has 1 aromatic heterocycles. The van der Waals surface area contributed by atoms with E-state index in [4.69, 9.17) is 21.2 Å². The number of oxime groups is 1. The number of benzene rings is 1. The Morgan fingerprint density at radius 1 is 1.29 bits per heavy atom. The van der Waals surface area contributed by atoms with Gasteiger partial charge in [-0.3, -0.25) is 4.98 Å². The number of methoxy groups -OCH3 is 1. The van der Waals surface area contributed by atoms with Crippen molar-refractivity contribution in [2.75, 3.05) is 7.11 Å². The van der Waals surface area contributed by atoms with Crippen molar-refractivity contribution in [2.24, 2.45) is 5.16 Å². The van der Waals surface area contributed by atoms with Crippen molar-refractivity contribution >= 4 is 17.8 Å². The quantitative estimate of drug-likeness (QED) is 0.621. The second-order valence-corrected chi connectivity index (χ2v) is 5.05. The Hall–Kier alpha value is -2.07. The van der Waals surface area contributed by atoms with Gasteiger partial charge >= 0.3 is 0 Å². The second-order valence-electron chi connectivity index (χ2n) is 4.62. The minimum absolute atomic E-state index is 0.339. The van der Waals surface area contributed by atoms with Crippen molar-refractivity contribution in [3.63, 3.8) is 0 Å². The van der Waals surface area contributed by atoms with Crippen LogP contribution in [0.5, 0.6) is 5.75 Å². The number of hydrogen-bond acceptors (Lipinski definition) is 4. The maximum Gasteiger partial charge on any atom is 0.146 e. The summed E-state index contributed by atoms with van der Waals surface area (Å²) >= 11 is 5.96. The van der Waals surface area contributed by atoms with Crippen LogP contribution >= 0.6 is 11.6 Å². The smallest absolute Gasteiger partial charge is 0.146 e. The van der Waals surface area contributed by atoms with E-state index >= 15 is 0 Å². The third kappa shape index (κ3) is 4.20. The molecule has 110 valence electrons. The molecule has 4 nitrogen and oxygen atoms in total. The highest BCUT2D eigenvalue weighted by atomic mass is 35.5. The van der Waals surface area contributed by atoms with E-state index in [1.54, 1.807) is 25.5 Å². The number of nitrogens with zero attached hydrogens (tertiary/aromatic N) is 2. The summed E-state index contributed by atoms with van der Waals surface area (Å²) in [6.45, 7) is 4.22. The Morgan fingerprint density at radius 2 is 2.10 bits per heavy atom. The van der Waals surface area contributed by atoms with E-state index in [0.717, 1.165) is 22.6 Å². The van der Waals surface area contributed by atoms with Gasteiger partial charge in [-0.1, -0.05) is 28.9 Å². The third-order valence-electron chi connectivity index (χ3n) is 2.99. The van der Waals surface area contributed by atoms with E-state index in [0.29, 0.717) is 17.3 Å². The van der Waals surface area contributed by atoms with Gasteiger partial charge in [-0.2, -0.15) is 0 Å². The largest absolute Gasteiger partial charge is 0.496 e. The van der Waals surface area contributed by atoms with E-state index in [1.165, 1.54) is 0 Å². The fourth-order valence-corrected chi connectivity index (χ4v) is 2.23. The van der Waals surface area contributed by atoms with Gasteiger partial charge in [-0.25, -0.2) is 0 Å². The molecule has 0 saturated carbocycles. The summed E-state index contributed by atoms with van der Waals surface area (Å²) in [6.07, 6.45) is 1.55. The lowest BCUT2D eigenvalue weighted by Gasteiger charge is -2.09. The zero-order valence-electron chi connectivity index (χ0n) is 12.3.